The van der Waals surface area contributed by atoms with Crippen LogP contribution >= 0.6 is 0 Å². The summed E-state index contributed by atoms with van der Waals surface area (Å²) < 4.78 is 30.1. The van der Waals surface area contributed by atoms with Gasteiger partial charge in [0.05, 0.1) is 0 Å². The van der Waals surface area contributed by atoms with Gasteiger partial charge in [-0.3, -0.25) is 0 Å². The molecule has 54 valence electrons. The Kier molecular flexibility index (Phi) is 2.53. The van der Waals surface area contributed by atoms with Crippen molar-refractivity contribution >= 4 is 22.0 Å². The van der Waals surface area contributed by atoms with E-state index in [1.54, 1.807) is 0 Å². The van der Waals surface area contributed by atoms with E-state index in [9.17, 15) is 8.78 Å². The number of benzene rings is 1. The third kappa shape index (κ3) is 1.73. The average Bonchev–Trinajstić information content (AvgIpc) is 1.99. The molecule has 0 atom stereocenters. The minimum atomic E-state index is -0.582. The van der Waals surface area contributed by atoms with Gasteiger partial charge in [0.15, 0.2) is 0 Å². The van der Waals surface area contributed by atoms with E-state index in [0.29, 0.717) is 0 Å². The number of hydrogen-bond acceptors (Lipinski definition) is 1. The molecule has 0 aliphatic carbocycles. The summed E-state index contributed by atoms with van der Waals surface area (Å²) in [6, 6.07) is 2.30. The quantitative estimate of drug-likeness (QED) is 0.537. The van der Waals surface area contributed by atoms with Crippen molar-refractivity contribution in [3.05, 3.63) is 23.8 Å². The van der Waals surface area contributed by atoms with Crippen LogP contribution in [0.1, 0.15) is 0 Å². The van der Waals surface area contributed by atoms with Crippen molar-refractivity contribution in [3.63, 3.8) is 0 Å². The third-order valence-electron chi connectivity index (χ3n) is 1.49. The molecule has 1 nitrogen and oxygen atoms in total. The normalized spacial score (nSPS) is 9.91. The van der Waals surface area contributed by atoms with Gasteiger partial charge in [-0.1, -0.05) is 0 Å². The van der Waals surface area contributed by atoms with E-state index < -0.39 is 11.6 Å². The van der Waals surface area contributed by atoms with E-state index in [0.717, 1.165) is 12.1 Å². The molecule has 11 heavy (non-hydrogen) atoms. The van der Waals surface area contributed by atoms with E-state index in [-0.39, 0.29) is 9.99 Å². The van der Waals surface area contributed by atoms with E-state index in [1.807, 2.05) is 0 Å². The van der Waals surface area contributed by atoms with Crippen LogP contribution in [0.15, 0.2) is 12.1 Å². The van der Waals surface area contributed by atoms with Crippen LogP contribution in [-0.2, 0) is 0 Å². The van der Waals surface area contributed by atoms with Crippen LogP contribution in [0.4, 0.5) is 8.78 Å². The van der Waals surface area contributed by atoms with E-state index in [2.05, 4.69) is 4.74 Å². The van der Waals surface area contributed by atoms with Crippen molar-refractivity contribution < 1.29 is 13.5 Å². The van der Waals surface area contributed by atoms with Crippen molar-refractivity contribution in [2.24, 2.45) is 0 Å². The zero-order valence-corrected chi connectivity index (χ0v) is 6.32. The van der Waals surface area contributed by atoms with Crippen LogP contribution in [-0.4, -0.2) is 24.8 Å². The Balaban J connectivity index is 3.21. The van der Waals surface area contributed by atoms with Crippen molar-refractivity contribution in [3.8, 4) is 5.75 Å². The molecule has 0 aliphatic rings. The molecule has 0 aromatic heterocycles. The molecule has 0 heterocycles. The van der Waals surface area contributed by atoms with Crippen LogP contribution < -0.4 is 8.97 Å². The van der Waals surface area contributed by atoms with Crippen LogP contribution in [0.3, 0.4) is 0 Å². The predicted octanol–water partition coefficient (Wildman–Crippen LogP) is 0.767. The number of rotatable bonds is 1. The molecule has 0 bridgehead atoms. The van der Waals surface area contributed by atoms with Crippen LogP contribution in [0.2, 0.25) is 0 Å². The van der Waals surface area contributed by atoms with Crippen molar-refractivity contribution in [2.45, 2.75) is 0 Å². The maximum atomic E-state index is 12.7. The third-order valence-corrected chi connectivity index (χ3v) is 1.49. The second-order valence-electron chi connectivity index (χ2n) is 2.22. The van der Waals surface area contributed by atoms with Crippen LogP contribution in [0, 0.1) is 11.6 Å². The first-order valence-corrected chi connectivity index (χ1v) is 3.15. The van der Waals surface area contributed by atoms with Crippen molar-refractivity contribution in [1.82, 2.24) is 0 Å². The molecule has 0 aliphatic heterocycles. The summed E-state index contributed by atoms with van der Waals surface area (Å²) in [5, 5.41) is 0. The summed E-state index contributed by atoms with van der Waals surface area (Å²) in [6.45, 7) is 0. The molecule has 0 radical (unpaired) electrons. The Morgan fingerprint density at radius 2 is 1.73 bits per heavy atom. The first kappa shape index (κ1) is 8.57. The van der Waals surface area contributed by atoms with Crippen LogP contribution in [0.25, 0.3) is 0 Å². The summed E-state index contributed by atoms with van der Waals surface area (Å²) in [5.74, 6) is -0.964. The second-order valence-corrected chi connectivity index (χ2v) is 2.22. The molecular weight excluding hydrogens is 145 g/mol. The Bertz CT molecular complexity index is 252. The molecule has 0 N–H and O–H groups in total. The zero-order valence-electron chi connectivity index (χ0n) is 6.32. The van der Waals surface area contributed by atoms with Gasteiger partial charge in [0.25, 0.3) is 0 Å². The Labute approximate surface area is 72.6 Å². The molecule has 1 aromatic carbocycles. The molecule has 0 spiro atoms. The topological polar surface area (TPSA) is 9.23 Å². The summed E-state index contributed by atoms with van der Waals surface area (Å²) in [5.41, 5.74) is 0. The van der Waals surface area contributed by atoms with Crippen molar-refractivity contribution in [1.29, 1.82) is 0 Å². The first-order chi connectivity index (χ1) is 5.15. The van der Waals surface area contributed by atoms with Gasteiger partial charge in [-0.05, 0) is 0 Å². The maximum absolute atomic E-state index is 12.7. The fourth-order valence-corrected chi connectivity index (χ4v) is 0.740. The molecule has 4 heteroatoms. The number of halogens is 2. The van der Waals surface area contributed by atoms with E-state index >= 15 is 0 Å². The van der Waals surface area contributed by atoms with Gasteiger partial charge in [0.1, 0.15) is 0 Å². The Morgan fingerprint density at radius 3 is 2.09 bits per heavy atom. The molecule has 0 unspecified atom stereocenters. The fourth-order valence-electron chi connectivity index (χ4n) is 0.740. The molecule has 1 aromatic rings. The van der Waals surface area contributed by atoms with Crippen LogP contribution in [0.5, 0.6) is 5.75 Å². The molecule has 0 amide bonds. The summed E-state index contributed by atoms with van der Waals surface area (Å²) in [7, 11) is 1.36. The monoisotopic (exact) mass is 150 g/mol. The molecule has 0 saturated heterocycles. The molecule has 0 fully saturated rings. The second kappa shape index (κ2) is 3.25. The van der Waals surface area contributed by atoms with Gasteiger partial charge in [0.2, 0.25) is 0 Å². The standard InChI is InChI=1S/C7H5F2O.Li/c1-10-7-3-5(8)2-6(9)4-7;/h3-4H,1H3;. The average molecular weight is 150 g/mol. The number of hydrogen-bond donors (Lipinski definition) is 0. The molecular formula is C7H5F2LiO. The Morgan fingerprint density at radius 1 is 1.27 bits per heavy atom. The van der Waals surface area contributed by atoms with Gasteiger partial charge < -0.3 is 0 Å². The van der Waals surface area contributed by atoms with Gasteiger partial charge in [0, 0.05) is 0 Å². The van der Waals surface area contributed by atoms with E-state index in [1.165, 1.54) is 24.8 Å². The minimum absolute atomic E-state index is 0.0193. The van der Waals surface area contributed by atoms with Gasteiger partial charge in [-0.2, -0.15) is 0 Å². The first-order valence-electron chi connectivity index (χ1n) is 3.15. The summed E-state index contributed by atoms with van der Waals surface area (Å²) >= 11 is 1.38. The fraction of sp³-hybridized carbons (Fsp3) is 0.143. The summed E-state index contributed by atoms with van der Waals surface area (Å²) in [4.78, 5) is 0. The zero-order chi connectivity index (χ0) is 8.43. The van der Waals surface area contributed by atoms with E-state index in [4.69, 9.17) is 0 Å². The predicted molar refractivity (Wildman–Crippen MR) is 38.3 cm³/mol. The Hall–Kier alpha value is -0.523. The van der Waals surface area contributed by atoms with Gasteiger partial charge in [-0.25, -0.2) is 0 Å². The van der Waals surface area contributed by atoms with Crippen molar-refractivity contribution in [2.75, 3.05) is 7.11 Å². The number of methoxy groups -OCH3 is 1. The molecule has 0 saturated carbocycles. The summed E-state index contributed by atoms with van der Waals surface area (Å²) in [6.07, 6.45) is 0. The molecule has 1 rings (SSSR count). The van der Waals surface area contributed by atoms with Gasteiger partial charge in [-0.15, -0.1) is 0 Å². The van der Waals surface area contributed by atoms with Gasteiger partial charge >= 0.3 is 72.1 Å². The SMILES string of the molecule is [Li][c]1c(F)cc(OC)cc1F. The number of ether oxygens (including phenoxy) is 1.